The Morgan fingerprint density at radius 1 is 1.50 bits per heavy atom. The van der Waals surface area contributed by atoms with Gasteiger partial charge in [-0.25, -0.2) is 0 Å². The Morgan fingerprint density at radius 2 is 2.14 bits per heavy atom. The fourth-order valence-electron chi connectivity index (χ4n) is 2.61. The van der Waals surface area contributed by atoms with Crippen LogP contribution in [0.15, 0.2) is 0 Å². The molecule has 0 radical (unpaired) electrons. The van der Waals surface area contributed by atoms with Crippen molar-refractivity contribution in [2.24, 2.45) is 11.7 Å². The highest BCUT2D eigenvalue weighted by Gasteiger charge is 2.48. The van der Waals surface area contributed by atoms with Crippen LogP contribution >= 0.6 is 0 Å². The molecule has 80 valence electrons. The maximum absolute atomic E-state index is 11.8. The Balaban J connectivity index is 2.15. The lowest BCUT2D eigenvalue weighted by Crippen LogP contribution is -2.50. The zero-order valence-electron chi connectivity index (χ0n) is 9.12. The van der Waals surface area contributed by atoms with Crippen molar-refractivity contribution in [3.8, 4) is 0 Å². The molecule has 2 N–H and O–H groups in total. The van der Waals surface area contributed by atoms with Gasteiger partial charge in [-0.15, -0.1) is 0 Å². The van der Waals surface area contributed by atoms with E-state index in [2.05, 4.69) is 13.8 Å². The van der Waals surface area contributed by atoms with E-state index in [0.717, 1.165) is 25.3 Å². The number of carbonyl (C=O) groups is 1. The van der Waals surface area contributed by atoms with Gasteiger partial charge in [0.15, 0.2) is 0 Å². The minimum absolute atomic E-state index is 0.0885. The van der Waals surface area contributed by atoms with Crippen LogP contribution in [0.4, 0.5) is 0 Å². The molecule has 3 nitrogen and oxygen atoms in total. The molecule has 1 aliphatic heterocycles. The molecule has 1 saturated heterocycles. The normalized spacial score (nSPS) is 32.1. The van der Waals surface area contributed by atoms with Gasteiger partial charge in [-0.05, 0) is 38.5 Å². The molecule has 1 aliphatic carbocycles. The number of carbonyl (C=O) groups excluding carboxylic acids is 1. The van der Waals surface area contributed by atoms with E-state index in [1.807, 2.05) is 4.90 Å². The molecule has 2 unspecified atom stereocenters. The number of nitrogens with zero attached hydrogens (tertiary/aromatic N) is 1. The van der Waals surface area contributed by atoms with Crippen molar-refractivity contribution in [1.82, 2.24) is 4.90 Å². The first-order valence-electron chi connectivity index (χ1n) is 5.66. The average Bonchev–Trinajstić information content (AvgIpc) is 2.96. The molecule has 14 heavy (non-hydrogen) atoms. The summed E-state index contributed by atoms with van der Waals surface area (Å²) in [7, 11) is 0. The van der Waals surface area contributed by atoms with Gasteiger partial charge < -0.3 is 10.6 Å². The van der Waals surface area contributed by atoms with E-state index >= 15 is 0 Å². The van der Waals surface area contributed by atoms with E-state index in [-0.39, 0.29) is 17.5 Å². The van der Waals surface area contributed by atoms with Gasteiger partial charge in [0.05, 0.1) is 6.04 Å². The third kappa shape index (κ3) is 1.34. The largest absolute Gasteiger partial charge is 0.336 e. The van der Waals surface area contributed by atoms with Crippen molar-refractivity contribution in [1.29, 1.82) is 0 Å². The zero-order valence-corrected chi connectivity index (χ0v) is 9.12. The van der Waals surface area contributed by atoms with Crippen molar-refractivity contribution >= 4 is 5.91 Å². The summed E-state index contributed by atoms with van der Waals surface area (Å²) >= 11 is 0. The number of amides is 1. The van der Waals surface area contributed by atoms with Crippen LogP contribution in [0.25, 0.3) is 0 Å². The quantitative estimate of drug-likeness (QED) is 0.735. The molecule has 0 aromatic carbocycles. The molecular weight excluding hydrogens is 176 g/mol. The SMILES string of the molecule is CCC(C)(C1CC1)N1CCC(N)C1=O. The van der Waals surface area contributed by atoms with Crippen LogP contribution in [0, 0.1) is 5.92 Å². The van der Waals surface area contributed by atoms with E-state index < -0.39 is 0 Å². The Morgan fingerprint density at radius 3 is 2.50 bits per heavy atom. The predicted molar refractivity (Wildman–Crippen MR) is 55.7 cm³/mol. The Kier molecular flexibility index (Phi) is 2.30. The summed E-state index contributed by atoms with van der Waals surface area (Å²) in [4.78, 5) is 13.9. The highest BCUT2D eigenvalue weighted by atomic mass is 16.2. The van der Waals surface area contributed by atoms with Gasteiger partial charge in [-0.2, -0.15) is 0 Å². The molecule has 2 fully saturated rings. The van der Waals surface area contributed by atoms with Gasteiger partial charge in [-0.3, -0.25) is 4.79 Å². The second kappa shape index (κ2) is 3.23. The van der Waals surface area contributed by atoms with E-state index in [1.54, 1.807) is 0 Å². The molecule has 2 aliphatic rings. The first-order chi connectivity index (χ1) is 6.59. The van der Waals surface area contributed by atoms with Crippen LogP contribution in [0.3, 0.4) is 0 Å². The molecule has 0 aromatic rings. The number of likely N-dealkylation sites (tertiary alicyclic amines) is 1. The highest BCUT2D eigenvalue weighted by Crippen LogP contribution is 2.46. The predicted octanol–water partition coefficient (Wildman–Crippen LogP) is 1.12. The molecule has 2 rings (SSSR count). The van der Waals surface area contributed by atoms with Crippen molar-refractivity contribution in [3.63, 3.8) is 0 Å². The van der Waals surface area contributed by atoms with E-state index in [9.17, 15) is 4.79 Å². The lowest BCUT2D eigenvalue weighted by Gasteiger charge is -2.39. The summed E-state index contributed by atoms with van der Waals surface area (Å²) in [6.45, 7) is 5.26. The molecule has 1 heterocycles. The summed E-state index contributed by atoms with van der Waals surface area (Å²) in [5.41, 5.74) is 5.84. The van der Waals surface area contributed by atoms with Crippen molar-refractivity contribution in [2.75, 3.05) is 6.54 Å². The number of nitrogens with two attached hydrogens (primary N) is 1. The summed E-state index contributed by atoms with van der Waals surface area (Å²) in [5.74, 6) is 0.892. The van der Waals surface area contributed by atoms with Crippen LogP contribution in [-0.2, 0) is 4.79 Å². The van der Waals surface area contributed by atoms with E-state index in [1.165, 1.54) is 12.8 Å². The molecular formula is C11H20N2O. The van der Waals surface area contributed by atoms with Crippen molar-refractivity contribution in [3.05, 3.63) is 0 Å². The molecule has 1 amide bonds. The van der Waals surface area contributed by atoms with Gasteiger partial charge in [0.25, 0.3) is 0 Å². The minimum atomic E-state index is -0.236. The first kappa shape index (κ1) is 9.97. The second-order valence-electron chi connectivity index (χ2n) is 4.87. The Labute approximate surface area is 85.6 Å². The minimum Gasteiger partial charge on any atom is -0.336 e. The standard InChI is InChI=1S/C11H20N2O/c1-3-11(2,8-4-5-8)13-7-6-9(12)10(13)14/h8-9H,3-7,12H2,1-2H3. The highest BCUT2D eigenvalue weighted by molar-refractivity contribution is 5.84. The fraction of sp³-hybridized carbons (Fsp3) is 0.909. The number of hydrogen-bond acceptors (Lipinski definition) is 2. The van der Waals surface area contributed by atoms with Gasteiger partial charge in [-0.1, -0.05) is 6.92 Å². The lowest BCUT2D eigenvalue weighted by molar-refractivity contribution is -0.134. The van der Waals surface area contributed by atoms with Crippen LogP contribution in [0.1, 0.15) is 39.5 Å². The summed E-state index contributed by atoms with van der Waals surface area (Å²) in [6.07, 6.45) is 4.45. The van der Waals surface area contributed by atoms with Crippen molar-refractivity contribution < 1.29 is 4.79 Å². The zero-order chi connectivity index (χ0) is 10.3. The van der Waals surface area contributed by atoms with E-state index in [0.29, 0.717) is 0 Å². The van der Waals surface area contributed by atoms with Crippen LogP contribution < -0.4 is 5.73 Å². The van der Waals surface area contributed by atoms with Gasteiger partial charge in [0.1, 0.15) is 0 Å². The summed E-state index contributed by atoms with van der Waals surface area (Å²) < 4.78 is 0. The fourth-order valence-corrected chi connectivity index (χ4v) is 2.61. The molecule has 2 atom stereocenters. The maximum atomic E-state index is 11.8. The number of rotatable bonds is 3. The van der Waals surface area contributed by atoms with E-state index in [4.69, 9.17) is 5.73 Å². The topological polar surface area (TPSA) is 46.3 Å². The third-order valence-electron chi connectivity index (χ3n) is 4.04. The van der Waals surface area contributed by atoms with Gasteiger partial charge >= 0.3 is 0 Å². The monoisotopic (exact) mass is 196 g/mol. The van der Waals surface area contributed by atoms with Crippen molar-refractivity contribution in [2.45, 2.75) is 51.1 Å². The van der Waals surface area contributed by atoms with Gasteiger partial charge in [0.2, 0.25) is 5.91 Å². The Hall–Kier alpha value is -0.570. The maximum Gasteiger partial charge on any atom is 0.240 e. The molecule has 3 heteroatoms. The average molecular weight is 196 g/mol. The summed E-state index contributed by atoms with van der Waals surface area (Å²) in [6, 6.07) is -0.236. The molecule has 0 spiro atoms. The Bertz CT molecular complexity index is 250. The third-order valence-corrected chi connectivity index (χ3v) is 4.04. The van der Waals surface area contributed by atoms with Crippen LogP contribution in [0.2, 0.25) is 0 Å². The molecule has 0 bridgehead atoms. The number of hydrogen-bond donors (Lipinski definition) is 1. The molecule has 1 saturated carbocycles. The second-order valence-corrected chi connectivity index (χ2v) is 4.87. The smallest absolute Gasteiger partial charge is 0.240 e. The molecule has 0 aromatic heterocycles. The lowest BCUT2D eigenvalue weighted by atomic mass is 9.90. The van der Waals surface area contributed by atoms with Crippen LogP contribution in [-0.4, -0.2) is 28.9 Å². The first-order valence-corrected chi connectivity index (χ1v) is 5.66. The summed E-state index contributed by atoms with van der Waals surface area (Å²) in [5, 5.41) is 0. The van der Waals surface area contributed by atoms with Crippen LogP contribution in [0.5, 0.6) is 0 Å². The van der Waals surface area contributed by atoms with Gasteiger partial charge in [0, 0.05) is 12.1 Å².